The molecule has 29 heavy (non-hydrogen) atoms. The van der Waals surface area contributed by atoms with Gasteiger partial charge in [-0.15, -0.1) is 0 Å². The maximum Gasteiger partial charge on any atom is 0.328 e. The summed E-state index contributed by atoms with van der Waals surface area (Å²) in [5, 5.41) is 8.73. The van der Waals surface area contributed by atoms with Crippen LogP contribution in [0.5, 0.6) is 11.5 Å². The third-order valence-electron chi connectivity index (χ3n) is 4.54. The Labute approximate surface area is 174 Å². The molecule has 0 unspecified atom stereocenters. The number of hydrogen-bond acceptors (Lipinski definition) is 3. The van der Waals surface area contributed by atoms with Gasteiger partial charge in [-0.05, 0) is 51.8 Å². The molecule has 2 aromatic carbocycles. The second-order valence-electron chi connectivity index (χ2n) is 9.15. The number of carboxylic acids is 1. The third kappa shape index (κ3) is 6.97. The quantitative estimate of drug-likeness (QED) is 0.472. The molecule has 0 saturated heterocycles. The van der Waals surface area contributed by atoms with E-state index in [9.17, 15) is 4.79 Å². The second kappa shape index (κ2) is 9.17. The van der Waals surface area contributed by atoms with E-state index in [0.29, 0.717) is 19.0 Å². The van der Waals surface area contributed by atoms with E-state index in [4.69, 9.17) is 14.6 Å². The number of rotatable bonds is 7. The lowest BCUT2D eigenvalue weighted by molar-refractivity contribution is -0.131. The van der Waals surface area contributed by atoms with Gasteiger partial charge in [0.1, 0.15) is 24.7 Å². The van der Waals surface area contributed by atoms with Crippen molar-refractivity contribution in [1.82, 2.24) is 0 Å². The van der Waals surface area contributed by atoms with Gasteiger partial charge in [-0.2, -0.15) is 0 Å². The van der Waals surface area contributed by atoms with Crippen LogP contribution in [-0.4, -0.2) is 24.3 Å². The lowest BCUT2D eigenvalue weighted by atomic mass is 9.80. The van der Waals surface area contributed by atoms with Crippen LogP contribution in [0.25, 0.3) is 6.08 Å². The van der Waals surface area contributed by atoms with Gasteiger partial charge in [-0.25, -0.2) is 4.79 Å². The van der Waals surface area contributed by atoms with Crippen molar-refractivity contribution in [2.45, 2.75) is 52.4 Å². The Morgan fingerprint density at radius 3 is 2.24 bits per heavy atom. The lowest BCUT2D eigenvalue weighted by Gasteiger charge is -2.27. The molecule has 0 radical (unpaired) electrons. The van der Waals surface area contributed by atoms with Crippen LogP contribution in [-0.2, 0) is 15.6 Å². The molecule has 0 bridgehead atoms. The van der Waals surface area contributed by atoms with Gasteiger partial charge in [0.15, 0.2) is 0 Å². The summed E-state index contributed by atoms with van der Waals surface area (Å²) in [5.41, 5.74) is 3.31. The lowest BCUT2D eigenvalue weighted by Crippen LogP contribution is -2.18. The Morgan fingerprint density at radius 1 is 0.931 bits per heavy atom. The number of ether oxygens (including phenoxy) is 2. The van der Waals surface area contributed by atoms with E-state index in [0.717, 1.165) is 17.4 Å². The van der Waals surface area contributed by atoms with Crippen molar-refractivity contribution in [1.29, 1.82) is 0 Å². The van der Waals surface area contributed by atoms with E-state index in [-0.39, 0.29) is 10.8 Å². The first-order chi connectivity index (χ1) is 13.5. The summed E-state index contributed by atoms with van der Waals surface area (Å²) in [5.74, 6) is 0.587. The first kappa shape index (κ1) is 22.5. The Kier molecular flexibility index (Phi) is 7.12. The van der Waals surface area contributed by atoms with Crippen LogP contribution in [0.4, 0.5) is 0 Å². The zero-order valence-corrected chi connectivity index (χ0v) is 18.3. The number of carbonyl (C=O) groups is 1. The summed E-state index contributed by atoms with van der Waals surface area (Å²) in [4.78, 5) is 10.6. The molecule has 0 fully saturated rings. The van der Waals surface area contributed by atoms with Gasteiger partial charge in [0, 0.05) is 6.08 Å². The van der Waals surface area contributed by atoms with Crippen LogP contribution in [0.3, 0.4) is 0 Å². The number of hydrogen-bond donors (Lipinski definition) is 1. The van der Waals surface area contributed by atoms with Crippen LogP contribution < -0.4 is 9.47 Å². The minimum atomic E-state index is -0.975. The zero-order chi connectivity index (χ0) is 21.7. The summed E-state index contributed by atoms with van der Waals surface area (Å²) >= 11 is 0. The Bertz CT molecular complexity index is 867. The summed E-state index contributed by atoms with van der Waals surface area (Å²) < 4.78 is 11.8. The first-order valence-corrected chi connectivity index (χ1v) is 9.88. The third-order valence-corrected chi connectivity index (χ3v) is 4.54. The fourth-order valence-electron chi connectivity index (χ4n) is 2.90. The average molecular weight is 397 g/mol. The number of carboxylic acid groups (broad SMARTS) is 1. The van der Waals surface area contributed by atoms with E-state index in [2.05, 4.69) is 59.7 Å². The van der Waals surface area contributed by atoms with Crippen molar-refractivity contribution in [2.24, 2.45) is 0 Å². The van der Waals surface area contributed by atoms with Gasteiger partial charge < -0.3 is 14.6 Å². The van der Waals surface area contributed by atoms with Crippen LogP contribution in [0.2, 0.25) is 0 Å². The van der Waals surface area contributed by atoms with Crippen LogP contribution in [0.15, 0.2) is 48.5 Å². The number of aliphatic carboxylic acids is 1. The van der Waals surface area contributed by atoms with Crippen molar-refractivity contribution in [3.05, 3.63) is 65.2 Å². The van der Waals surface area contributed by atoms with Crippen molar-refractivity contribution in [3.8, 4) is 11.5 Å². The molecule has 0 spiro atoms. The molecule has 156 valence electrons. The summed E-state index contributed by atoms with van der Waals surface area (Å²) in [6.07, 6.45) is 2.65. The topological polar surface area (TPSA) is 55.8 Å². The van der Waals surface area contributed by atoms with Gasteiger partial charge in [-0.1, -0.05) is 65.8 Å². The van der Waals surface area contributed by atoms with Gasteiger partial charge in [0.2, 0.25) is 0 Å². The van der Waals surface area contributed by atoms with Crippen LogP contribution in [0.1, 0.15) is 58.2 Å². The van der Waals surface area contributed by atoms with Crippen molar-refractivity contribution in [3.63, 3.8) is 0 Å². The normalized spacial score (nSPS) is 12.2. The van der Waals surface area contributed by atoms with E-state index in [1.165, 1.54) is 17.2 Å². The maximum atomic E-state index is 10.6. The highest BCUT2D eigenvalue weighted by Crippen LogP contribution is 2.35. The fraction of sp³-hybridized carbons (Fsp3) is 0.400. The van der Waals surface area contributed by atoms with Crippen LogP contribution in [0, 0.1) is 0 Å². The molecule has 0 amide bonds. The predicted molar refractivity (Wildman–Crippen MR) is 118 cm³/mol. The molecule has 0 aliphatic heterocycles. The molecule has 0 saturated carbocycles. The standard InChI is InChI=1S/C25H32O4/c1-24(2,3)19-11-12-22(21(17-19)25(4,5)6)29-15-14-28-20-9-7-8-18(16-20)10-13-23(26)27/h7-13,16-17H,14-15H2,1-6H3,(H,26,27). The molecule has 0 heterocycles. The minimum Gasteiger partial charge on any atom is -0.490 e. The highest BCUT2D eigenvalue weighted by atomic mass is 16.5. The molecule has 4 nitrogen and oxygen atoms in total. The minimum absolute atomic E-state index is 0.0255. The van der Waals surface area contributed by atoms with E-state index in [1.807, 2.05) is 18.2 Å². The maximum absolute atomic E-state index is 10.6. The summed E-state index contributed by atoms with van der Waals surface area (Å²) in [7, 11) is 0. The van der Waals surface area contributed by atoms with Gasteiger partial charge in [0.25, 0.3) is 0 Å². The number of benzene rings is 2. The highest BCUT2D eigenvalue weighted by Gasteiger charge is 2.23. The molecule has 0 atom stereocenters. The molecule has 0 aliphatic rings. The Morgan fingerprint density at radius 2 is 1.62 bits per heavy atom. The van der Waals surface area contributed by atoms with E-state index < -0.39 is 5.97 Å². The average Bonchev–Trinajstić information content (AvgIpc) is 2.62. The largest absolute Gasteiger partial charge is 0.490 e. The highest BCUT2D eigenvalue weighted by molar-refractivity contribution is 5.85. The van der Waals surface area contributed by atoms with Crippen LogP contribution >= 0.6 is 0 Å². The molecule has 4 heteroatoms. The molecule has 0 aromatic heterocycles. The van der Waals surface area contributed by atoms with Gasteiger partial charge in [0.05, 0.1) is 0 Å². The molecular weight excluding hydrogens is 364 g/mol. The first-order valence-electron chi connectivity index (χ1n) is 9.88. The fourth-order valence-corrected chi connectivity index (χ4v) is 2.90. The summed E-state index contributed by atoms with van der Waals surface area (Å²) in [6, 6.07) is 13.7. The summed E-state index contributed by atoms with van der Waals surface area (Å²) in [6.45, 7) is 14.0. The molecule has 0 aliphatic carbocycles. The van der Waals surface area contributed by atoms with E-state index in [1.54, 1.807) is 6.07 Å². The van der Waals surface area contributed by atoms with E-state index >= 15 is 0 Å². The molecule has 2 rings (SSSR count). The monoisotopic (exact) mass is 396 g/mol. The predicted octanol–water partition coefficient (Wildman–Crippen LogP) is 5.84. The van der Waals surface area contributed by atoms with Crippen molar-refractivity contribution in [2.75, 3.05) is 13.2 Å². The molecule has 1 N–H and O–H groups in total. The van der Waals surface area contributed by atoms with Crippen molar-refractivity contribution < 1.29 is 19.4 Å². The van der Waals surface area contributed by atoms with Gasteiger partial charge >= 0.3 is 5.97 Å². The Balaban J connectivity index is 2.02. The SMILES string of the molecule is CC(C)(C)c1ccc(OCCOc2cccc(C=CC(=O)O)c2)c(C(C)(C)C)c1. The zero-order valence-electron chi connectivity index (χ0n) is 18.3. The molecule has 2 aromatic rings. The smallest absolute Gasteiger partial charge is 0.328 e. The second-order valence-corrected chi connectivity index (χ2v) is 9.15. The molecular formula is C25H32O4. The van der Waals surface area contributed by atoms with Crippen molar-refractivity contribution >= 4 is 12.0 Å². The van der Waals surface area contributed by atoms with Gasteiger partial charge in [-0.3, -0.25) is 0 Å². The Hall–Kier alpha value is -2.75.